The van der Waals surface area contributed by atoms with E-state index in [2.05, 4.69) is 10.1 Å². The van der Waals surface area contributed by atoms with Crippen molar-refractivity contribution in [3.63, 3.8) is 0 Å². The van der Waals surface area contributed by atoms with Crippen molar-refractivity contribution < 1.29 is 14.1 Å². The van der Waals surface area contributed by atoms with Crippen LogP contribution in [0, 0.1) is 11.8 Å². The first-order chi connectivity index (χ1) is 10.3. The topological polar surface area (TPSA) is 91.2 Å². The average Bonchev–Trinajstić information content (AvgIpc) is 3.09. The van der Waals surface area contributed by atoms with Gasteiger partial charge in [0.1, 0.15) is 5.60 Å². The number of carbonyl (C=O) groups is 1. The molecule has 0 aromatic carbocycles. The third kappa shape index (κ3) is 3.02. The van der Waals surface area contributed by atoms with Crippen molar-refractivity contribution in [2.75, 3.05) is 0 Å². The molecule has 2 saturated carbocycles. The van der Waals surface area contributed by atoms with Gasteiger partial charge in [-0.1, -0.05) is 11.6 Å². The van der Waals surface area contributed by atoms with Crippen molar-refractivity contribution in [2.45, 2.75) is 70.4 Å². The lowest BCUT2D eigenvalue weighted by atomic mass is 9.81. The Bertz CT molecular complexity index is 563. The number of aromatic nitrogens is 2. The Labute approximate surface area is 130 Å². The van der Waals surface area contributed by atoms with Crippen LogP contribution in [-0.2, 0) is 21.5 Å². The van der Waals surface area contributed by atoms with Crippen molar-refractivity contribution in [1.82, 2.24) is 10.1 Å². The summed E-state index contributed by atoms with van der Waals surface area (Å²) in [6, 6.07) is 0. The number of hydrogen-bond acceptors (Lipinski definition) is 6. The van der Waals surface area contributed by atoms with Crippen molar-refractivity contribution in [1.29, 1.82) is 0 Å². The van der Waals surface area contributed by atoms with Gasteiger partial charge in [0.05, 0.1) is 12.0 Å². The van der Waals surface area contributed by atoms with Crippen LogP contribution in [0.3, 0.4) is 0 Å². The molecule has 2 fully saturated rings. The van der Waals surface area contributed by atoms with E-state index < -0.39 is 11.1 Å². The van der Waals surface area contributed by atoms with Crippen molar-refractivity contribution in [3.8, 4) is 0 Å². The minimum atomic E-state index is -0.471. The average molecular weight is 307 g/mol. The number of hydrogen-bond donors (Lipinski definition) is 1. The van der Waals surface area contributed by atoms with Crippen LogP contribution in [0.15, 0.2) is 4.52 Å². The maximum Gasteiger partial charge on any atom is 0.306 e. The van der Waals surface area contributed by atoms with Gasteiger partial charge in [0.2, 0.25) is 5.89 Å². The molecule has 3 atom stereocenters. The van der Waals surface area contributed by atoms with Gasteiger partial charge in [-0.25, -0.2) is 0 Å². The van der Waals surface area contributed by atoms with Gasteiger partial charge < -0.3 is 15.0 Å². The molecular formula is C16H25N3O3. The summed E-state index contributed by atoms with van der Waals surface area (Å²) in [5.41, 5.74) is 5.64. The van der Waals surface area contributed by atoms with Gasteiger partial charge in [0.15, 0.2) is 5.82 Å². The fourth-order valence-corrected chi connectivity index (χ4v) is 3.79. The highest BCUT2D eigenvalue weighted by Crippen LogP contribution is 2.53. The number of nitrogens with two attached hydrogens (primary N) is 1. The van der Waals surface area contributed by atoms with Gasteiger partial charge >= 0.3 is 5.97 Å². The van der Waals surface area contributed by atoms with Crippen LogP contribution in [0.5, 0.6) is 0 Å². The second-order valence-corrected chi connectivity index (χ2v) is 7.72. The highest BCUT2D eigenvalue weighted by Gasteiger charge is 2.52. The van der Waals surface area contributed by atoms with E-state index in [1.165, 1.54) is 12.8 Å². The Kier molecular flexibility index (Phi) is 3.75. The molecule has 1 aromatic rings. The highest BCUT2D eigenvalue weighted by atomic mass is 16.6. The van der Waals surface area contributed by atoms with Crippen LogP contribution in [0.4, 0.5) is 0 Å². The van der Waals surface area contributed by atoms with Crippen LogP contribution in [0.2, 0.25) is 0 Å². The number of carbonyl (C=O) groups excluding carboxylic acids is 1. The molecule has 122 valence electrons. The molecule has 3 unspecified atom stereocenters. The SMILES string of the molecule is CC(C)(C)OC(=O)CCc1nc(C2(N)CC3CCC2C3)no1. The van der Waals surface area contributed by atoms with Crippen LogP contribution >= 0.6 is 0 Å². The molecular weight excluding hydrogens is 282 g/mol. The smallest absolute Gasteiger partial charge is 0.306 e. The summed E-state index contributed by atoms with van der Waals surface area (Å²) < 4.78 is 10.6. The summed E-state index contributed by atoms with van der Waals surface area (Å²) in [5.74, 6) is 1.99. The van der Waals surface area contributed by atoms with E-state index in [9.17, 15) is 4.79 Å². The fraction of sp³-hybridized carbons (Fsp3) is 0.812. The Morgan fingerprint density at radius 2 is 2.23 bits per heavy atom. The fourth-order valence-electron chi connectivity index (χ4n) is 3.79. The lowest BCUT2D eigenvalue weighted by molar-refractivity contribution is -0.154. The molecule has 2 aliphatic carbocycles. The molecule has 0 amide bonds. The molecule has 6 nitrogen and oxygen atoms in total. The Morgan fingerprint density at radius 3 is 2.82 bits per heavy atom. The van der Waals surface area contributed by atoms with E-state index in [4.69, 9.17) is 15.0 Å². The van der Waals surface area contributed by atoms with Crippen LogP contribution < -0.4 is 5.73 Å². The van der Waals surface area contributed by atoms with Crippen LogP contribution in [0.1, 0.15) is 64.6 Å². The van der Waals surface area contributed by atoms with E-state index in [0.29, 0.717) is 30.0 Å². The Balaban J connectivity index is 1.59. The normalized spacial score (nSPS) is 30.7. The second kappa shape index (κ2) is 5.33. The van der Waals surface area contributed by atoms with Crippen LogP contribution in [-0.4, -0.2) is 21.7 Å². The van der Waals surface area contributed by atoms with Gasteiger partial charge in [-0.3, -0.25) is 4.79 Å². The minimum Gasteiger partial charge on any atom is -0.460 e. The van der Waals surface area contributed by atoms with E-state index in [1.807, 2.05) is 20.8 Å². The molecule has 22 heavy (non-hydrogen) atoms. The molecule has 2 bridgehead atoms. The summed E-state index contributed by atoms with van der Waals surface area (Å²) in [5, 5.41) is 4.08. The molecule has 0 spiro atoms. The third-order valence-corrected chi connectivity index (χ3v) is 4.74. The predicted molar refractivity (Wildman–Crippen MR) is 79.8 cm³/mol. The molecule has 6 heteroatoms. The standard InChI is InChI=1S/C16H25N3O3/c1-15(2,3)21-13(20)7-6-12-18-14(19-22-12)16(17)9-10-4-5-11(16)8-10/h10-11H,4-9,17H2,1-3H3. The lowest BCUT2D eigenvalue weighted by Gasteiger charge is -2.30. The van der Waals surface area contributed by atoms with E-state index in [-0.39, 0.29) is 12.4 Å². The van der Waals surface area contributed by atoms with Crippen molar-refractivity contribution in [3.05, 3.63) is 11.7 Å². The molecule has 0 radical (unpaired) electrons. The number of ether oxygens (including phenoxy) is 1. The predicted octanol–water partition coefficient (Wildman–Crippen LogP) is 2.32. The third-order valence-electron chi connectivity index (χ3n) is 4.74. The Hall–Kier alpha value is -1.43. The first kappa shape index (κ1) is 15.5. The zero-order valence-electron chi connectivity index (χ0n) is 13.6. The summed E-state index contributed by atoms with van der Waals surface area (Å²) in [7, 11) is 0. The van der Waals surface area contributed by atoms with Gasteiger partial charge in [0.25, 0.3) is 0 Å². The lowest BCUT2D eigenvalue weighted by Crippen LogP contribution is -2.42. The van der Waals surface area contributed by atoms with E-state index >= 15 is 0 Å². The molecule has 1 heterocycles. The van der Waals surface area contributed by atoms with Gasteiger partial charge in [-0.05, 0) is 51.9 Å². The zero-order valence-corrected chi connectivity index (χ0v) is 13.6. The van der Waals surface area contributed by atoms with Crippen molar-refractivity contribution >= 4 is 5.97 Å². The summed E-state index contributed by atoms with van der Waals surface area (Å²) in [6.07, 6.45) is 5.19. The molecule has 0 aliphatic heterocycles. The van der Waals surface area contributed by atoms with E-state index in [1.54, 1.807) is 0 Å². The monoisotopic (exact) mass is 307 g/mol. The first-order valence-electron chi connectivity index (χ1n) is 8.10. The number of rotatable bonds is 4. The van der Waals surface area contributed by atoms with Gasteiger partial charge in [0, 0.05) is 6.42 Å². The number of esters is 1. The molecule has 2 N–H and O–H groups in total. The molecule has 2 aliphatic rings. The Morgan fingerprint density at radius 1 is 1.45 bits per heavy atom. The summed E-state index contributed by atoms with van der Waals surface area (Å²) in [6.45, 7) is 5.55. The van der Waals surface area contributed by atoms with Crippen molar-refractivity contribution in [2.24, 2.45) is 17.6 Å². The number of fused-ring (bicyclic) bond motifs is 2. The van der Waals surface area contributed by atoms with Gasteiger partial charge in [-0.2, -0.15) is 4.98 Å². The van der Waals surface area contributed by atoms with Crippen LogP contribution in [0.25, 0.3) is 0 Å². The first-order valence-corrected chi connectivity index (χ1v) is 8.10. The highest BCUT2D eigenvalue weighted by molar-refractivity contribution is 5.70. The quantitative estimate of drug-likeness (QED) is 0.858. The van der Waals surface area contributed by atoms with Gasteiger partial charge in [-0.15, -0.1) is 0 Å². The van der Waals surface area contributed by atoms with E-state index in [0.717, 1.165) is 12.8 Å². The second-order valence-electron chi connectivity index (χ2n) is 7.72. The molecule has 1 aromatic heterocycles. The number of nitrogens with zero attached hydrogens (tertiary/aromatic N) is 2. The largest absolute Gasteiger partial charge is 0.460 e. The maximum absolute atomic E-state index is 11.7. The number of aryl methyl sites for hydroxylation is 1. The summed E-state index contributed by atoms with van der Waals surface area (Å²) >= 11 is 0. The molecule has 0 saturated heterocycles. The minimum absolute atomic E-state index is 0.239. The summed E-state index contributed by atoms with van der Waals surface area (Å²) in [4.78, 5) is 16.2. The maximum atomic E-state index is 11.7. The molecule has 3 rings (SSSR count). The zero-order chi connectivity index (χ0) is 16.0.